The number of thioether (sulfide) groups is 1. The molecule has 0 bridgehead atoms. The Morgan fingerprint density at radius 2 is 1.23 bits per heavy atom. The molecule has 0 aliphatic heterocycles. The maximum absolute atomic E-state index is 11.9. The van der Waals surface area contributed by atoms with Gasteiger partial charge in [0, 0.05) is 11.5 Å². The van der Waals surface area contributed by atoms with Crippen LogP contribution in [0.3, 0.4) is 0 Å². The molecule has 0 heterocycles. The number of rotatable bonds is 21. The molecule has 6 heteroatoms. The summed E-state index contributed by atoms with van der Waals surface area (Å²) in [6.45, 7) is 2.60. The first-order chi connectivity index (χ1) is 14.6. The fourth-order valence-electron chi connectivity index (χ4n) is 3.47. The van der Waals surface area contributed by atoms with Gasteiger partial charge in [0.25, 0.3) is 10.1 Å². The third-order valence-electron chi connectivity index (χ3n) is 5.35. The average molecular weight is 481 g/mol. The van der Waals surface area contributed by atoms with Gasteiger partial charge in [-0.1, -0.05) is 121 Å². The monoisotopic (exact) mass is 480 g/mol. The molecule has 0 saturated carbocycles. The fraction of sp³-hybridized carbons (Fsp3) is 0.760. The molecule has 0 radical (unpaired) electrons. The van der Waals surface area contributed by atoms with Gasteiger partial charge in [-0.3, -0.25) is 4.18 Å². The van der Waals surface area contributed by atoms with E-state index in [-0.39, 0.29) is 35.3 Å². The maximum atomic E-state index is 11.9. The molecule has 3 nitrogen and oxygen atoms in total. The number of hydrogen-bond acceptors (Lipinski definition) is 4. The van der Waals surface area contributed by atoms with Crippen LogP contribution < -0.4 is 0 Å². The minimum absolute atomic E-state index is 0. The standard InChI is InChI=1S/C25H44O3S2.Na.H/c1-2-3-4-5-6-7-8-9-10-11-12-13-14-18-21-28-30(26,27)23-22-29-24-25-19-16-15-17-20-25;;/h15-17,19-20H,2-14,18,21-24H2,1H3;;. The first kappa shape index (κ1) is 31.5. The van der Waals surface area contributed by atoms with Crippen molar-refractivity contribution in [2.45, 2.75) is 103 Å². The van der Waals surface area contributed by atoms with Crippen LogP contribution in [0, 0.1) is 0 Å². The van der Waals surface area contributed by atoms with E-state index in [4.69, 9.17) is 4.18 Å². The Balaban J connectivity index is 0.00000900. The molecular formula is C25H45NaO3S2. The van der Waals surface area contributed by atoms with Crippen molar-refractivity contribution in [1.82, 2.24) is 0 Å². The van der Waals surface area contributed by atoms with E-state index in [9.17, 15) is 8.42 Å². The van der Waals surface area contributed by atoms with Crippen molar-refractivity contribution < 1.29 is 12.6 Å². The van der Waals surface area contributed by atoms with E-state index in [0.717, 1.165) is 18.6 Å². The van der Waals surface area contributed by atoms with Crippen LogP contribution in [0.5, 0.6) is 0 Å². The van der Waals surface area contributed by atoms with Crippen LogP contribution in [-0.4, -0.2) is 56.1 Å². The summed E-state index contributed by atoms with van der Waals surface area (Å²) >= 11 is 1.64. The van der Waals surface area contributed by atoms with E-state index in [0.29, 0.717) is 12.4 Å². The molecule has 0 amide bonds. The van der Waals surface area contributed by atoms with Gasteiger partial charge in [0.2, 0.25) is 0 Å². The molecule has 0 saturated heterocycles. The Labute approximate surface area is 219 Å². The van der Waals surface area contributed by atoms with Crippen LogP contribution in [0.15, 0.2) is 30.3 Å². The van der Waals surface area contributed by atoms with Gasteiger partial charge >= 0.3 is 29.6 Å². The number of benzene rings is 1. The van der Waals surface area contributed by atoms with Gasteiger partial charge in [-0.15, -0.1) is 0 Å². The molecule has 0 atom stereocenters. The van der Waals surface area contributed by atoms with Gasteiger partial charge in [-0.05, 0) is 12.0 Å². The second-order valence-electron chi connectivity index (χ2n) is 8.22. The topological polar surface area (TPSA) is 43.4 Å². The molecule has 0 fully saturated rings. The zero-order chi connectivity index (χ0) is 21.8. The Bertz CT molecular complexity index is 594. The van der Waals surface area contributed by atoms with Crippen LogP contribution in [0.1, 0.15) is 102 Å². The molecule has 0 spiro atoms. The summed E-state index contributed by atoms with van der Waals surface area (Å²) < 4.78 is 29.0. The fourth-order valence-corrected chi connectivity index (χ4v) is 5.82. The molecular weight excluding hydrogens is 435 g/mol. The van der Waals surface area contributed by atoms with Gasteiger partial charge in [-0.2, -0.15) is 20.2 Å². The van der Waals surface area contributed by atoms with E-state index >= 15 is 0 Å². The van der Waals surface area contributed by atoms with E-state index < -0.39 is 10.1 Å². The van der Waals surface area contributed by atoms with Crippen LogP contribution in [0.25, 0.3) is 0 Å². The Hall–Kier alpha value is 0.480. The van der Waals surface area contributed by atoms with Crippen LogP contribution in [0.2, 0.25) is 0 Å². The zero-order valence-corrected chi connectivity index (χ0v) is 20.8. The van der Waals surface area contributed by atoms with Crippen LogP contribution in [-0.2, 0) is 20.1 Å². The number of hydrogen-bond donors (Lipinski definition) is 0. The molecule has 176 valence electrons. The van der Waals surface area contributed by atoms with Crippen molar-refractivity contribution in [3.05, 3.63) is 35.9 Å². The van der Waals surface area contributed by atoms with Gasteiger partial charge in [-0.25, -0.2) is 0 Å². The van der Waals surface area contributed by atoms with Crippen LogP contribution in [0.4, 0.5) is 0 Å². The van der Waals surface area contributed by atoms with Crippen LogP contribution >= 0.6 is 11.8 Å². The second-order valence-corrected chi connectivity index (χ2v) is 11.1. The van der Waals surface area contributed by atoms with E-state index in [1.807, 2.05) is 18.2 Å². The van der Waals surface area contributed by atoms with Crippen molar-refractivity contribution in [2.75, 3.05) is 18.1 Å². The summed E-state index contributed by atoms with van der Waals surface area (Å²) in [6, 6.07) is 10.1. The summed E-state index contributed by atoms with van der Waals surface area (Å²) in [5.41, 5.74) is 1.23. The normalized spacial score (nSPS) is 11.4. The van der Waals surface area contributed by atoms with Gasteiger partial charge in [0.15, 0.2) is 0 Å². The summed E-state index contributed by atoms with van der Waals surface area (Å²) in [6.07, 6.45) is 18.1. The van der Waals surface area contributed by atoms with Crippen molar-refractivity contribution in [3.63, 3.8) is 0 Å². The predicted octanol–water partition coefficient (Wildman–Crippen LogP) is 7.10. The van der Waals surface area contributed by atoms with E-state index in [1.165, 1.54) is 82.6 Å². The summed E-state index contributed by atoms with van der Waals surface area (Å²) in [4.78, 5) is 0. The molecule has 1 rings (SSSR count). The Kier molecular flexibility index (Phi) is 22.6. The van der Waals surface area contributed by atoms with Gasteiger partial charge in [0.1, 0.15) is 0 Å². The SMILES string of the molecule is CCCCCCCCCCCCCCCCOS(=O)(=O)CCSCc1ccccc1.[NaH]. The van der Waals surface area contributed by atoms with Crippen molar-refractivity contribution in [1.29, 1.82) is 0 Å². The molecule has 0 aliphatic carbocycles. The van der Waals surface area contributed by atoms with Crippen molar-refractivity contribution in [2.24, 2.45) is 0 Å². The molecule has 0 aromatic heterocycles. The zero-order valence-electron chi connectivity index (χ0n) is 19.2. The summed E-state index contributed by atoms with van der Waals surface area (Å²) in [5, 5.41) is 0. The molecule has 1 aromatic rings. The molecule has 31 heavy (non-hydrogen) atoms. The van der Waals surface area contributed by atoms with Gasteiger partial charge < -0.3 is 0 Å². The Morgan fingerprint density at radius 3 is 1.74 bits per heavy atom. The first-order valence-electron chi connectivity index (χ1n) is 12.1. The summed E-state index contributed by atoms with van der Waals surface area (Å²) in [5.74, 6) is 1.52. The minimum atomic E-state index is -3.37. The molecule has 1 aromatic carbocycles. The average Bonchev–Trinajstić information content (AvgIpc) is 2.75. The molecule has 0 unspecified atom stereocenters. The van der Waals surface area contributed by atoms with Crippen molar-refractivity contribution in [3.8, 4) is 0 Å². The quantitative estimate of drug-likeness (QED) is 0.107. The van der Waals surface area contributed by atoms with E-state index in [1.54, 1.807) is 11.8 Å². The Morgan fingerprint density at radius 1 is 0.742 bits per heavy atom. The first-order valence-corrected chi connectivity index (χ1v) is 14.9. The predicted molar refractivity (Wildman–Crippen MR) is 140 cm³/mol. The second kappa shape index (κ2) is 22.3. The molecule has 0 aliphatic rings. The third-order valence-corrected chi connectivity index (χ3v) is 7.87. The number of unbranched alkanes of at least 4 members (excludes halogenated alkanes) is 13. The summed E-state index contributed by atoms with van der Waals surface area (Å²) in [7, 11) is -3.37. The van der Waals surface area contributed by atoms with Gasteiger partial charge in [0.05, 0.1) is 12.4 Å². The molecule has 0 N–H and O–H groups in total. The van der Waals surface area contributed by atoms with Crippen molar-refractivity contribution >= 4 is 51.4 Å². The van der Waals surface area contributed by atoms with E-state index in [2.05, 4.69) is 19.1 Å². The third kappa shape index (κ3) is 20.8.